The standard InChI is InChI=1S/C18H22N2O/c1-3-15(2)21-14-17-9-7-8-16(12-17)13-19-20-18-10-5-4-6-11-18/h4-13,15,20H,3,14H2,1-2H3. The second-order valence-corrected chi connectivity index (χ2v) is 5.01. The van der Waals surface area contributed by atoms with E-state index < -0.39 is 0 Å². The average molecular weight is 282 g/mol. The zero-order chi connectivity index (χ0) is 14.9. The summed E-state index contributed by atoms with van der Waals surface area (Å²) in [6, 6.07) is 18.1. The number of nitrogens with one attached hydrogen (secondary N) is 1. The molecular formula is C18H22N2O. The lowest BCUT2D eigenvalue weighted by Gasteiger charge is -2.10. The molecule has 2 aromatic carbocycles. The van der Waals surface area contributed by atoms with Gasteiger partial charge in [0.25, 0.3) is 0 Å². The van der Waals surface area contributed by atoms with Crippen molar-refractivity contribution in [2.45, 2.75) is 33.0 Å². The number of benzene rings is 2. The first-order chi connectivity index (χ1) is 10.3. The Kier molecular flexibility index (Phi) is 5.98. The van der Waals surface area contributed by atoms with Crippen LogP contribution in [0.25, 0.3) is 0 Å². The lowest BCUT2D eigenvalue weighted by Crippen LogP contribution is -2.06. The van der Waals surface area contributed by atoms with Crippen molar-refractivity contribution >= 4 is 11.9 Å². The van der Waals surface area contributed by atoms with Crippen molar-refractivity contribution < 1.29 is 4.74 Å². The SMILES string of the molecule is CCC(C)OCc1cccc(C=NNc2ccccc2)c1. The molecule has 0 aliphatic heterocycles. The van der Waals surface area contributed by atoms with Crippen LogP contribution >= 0.6 is 0 Å². The maximum Gasteiger partial charge on any atom is 0.0720 e. The van der Waals surface area contributed by atoms with Crippen LogP contribution in [0.4, 0.5) is 5.69 Å². The van der Waals surface area contributed by atoms with Crippen molar-refractivity contribution in [1.29, 1.82) is 0 Å². The molecule has 0 aromatic heterocycles. The van der Waals surface area contributed by atoms with Gasteiger partial charge in [0, 0.05) is 0 Å². The van der Waals surface area contributed by atoms with E-state index in [2.05, 4.69) is 36.5 Å². The molecule has 0 saturated heterocycles. The Hall–Kier alpha value is -2.13. The van der Waals surface area contributed by atoms with Crippen LogP contribution in [-0.2, 0) is 11.3 Å². The highest BCUT2D eigenvalue weighted by atomic mass is 16.5. The lowest BCUT2D eigenvalue weighted by atomic mass is 10.1. The van der Waals surface area contributed by atoms with Crippen molar-refractivity contribution in [2.24, 2.45) is 5.10 Å². The fraction of sp³-hybridized carbons (Fsp3) is 0.278. The topological polar surface area (TPSA) is 33.6 Å². The molecule has 0 radical (unpaired) electrons. The molecule has 1 N–H and O–H groups in total. The third-order valence-electron chi connectivity index (χ3n) is 3.24. The van der Waals surface area contributed by atoms with Gasteiger partial charge < -0.3 is 4.74 Å². The third-order valence-corrected chi connectivity index (χ3v) is 3.24. The third kappa shape index (κ3) is 5.40. The Morgan fingerprint density at radius 2 is 1.95 bits per heavy atom. The fourth-order valence-electron chi connectivity index (χ4n) is 1.81. The quantitative estimate of drug-likeness (QED) is 0.601. The summed E-state index contributed by atoms with van der Waals surface area (Å²) in [5.41, 5.74) is 6.21. The number of hydrazone groups is 1. The van der Waals surface area contributed by atoms with Crippen LogP contribution in [-0.4, -0.2) is 12.3 Å². The molecule has 0 aliphatic carbocycles. The van der Waals surface area contributed by atoms with E-state index in [1.165, 1.54) is 5.56 Å². The predicted octanol–water partition coefficient (Wildman–Crippen LogP) is 4.45. The second kappa shape index (κ2) is 8.22. The summed E-state index contributed by atoms with van der Waals surface area (Å²) in [5.74, 6) is 0. The smallest absolute Gasteiger partial charge is 0.0720 e. The zero-order valence-corrected chi connectivity index (χ0v) is 12.6. The van der Waals surface area contributed by atoms with Crippen molar-refractivity contribution in [1.82, 2.24) is 0 Å². The molecule has 1 unspecified atom stereocenters. The summed E-state index contributed by atoms with van der Waals surface area (Å²) in [6.45, 7) is 4.86. The van der Waals surface area contributed by atoms with Crippen LogP contribution in [0.5, 0.6) is 0 Å². The number of hydrogen-bond donors (Lipinski definition) is 1. The molecule has 3 heteroatoms. The maximum absolute atomic E-state index is 5.75. The van der Waals surface area contributed by atoms with Gasteiger partial charge in [-0.2, -0.15) is 5.10 Å². The fourth-order valence-corrected chi connectivity index (χ4v) is 1.81. The number of para-hydroxylation sites is 1. The van der Waals surface area contributed by atoms with Crippen molar-refractivity contribution in [2.75, 3.05) is 5.43 Å². The molecule has 2 aromatic rings. The van der Waals surface area contributed by atoms with Gasteiger partial charge in [-0.05, 0) is 42.7 Å². The minimum absolute atomic E-state index is 0.294. The van der Waals surface area contributed by atoms with Crippen LogP contribution in [0.3, 0.4) is 0 Å². The van der Waals surface area contributed by atoms with Gasteiger partial charge in [0.15, 0.2) is 0 Å². The Morgan fingerprint density at radius 3 is 2.71 bits per heavy atom. The van der Waals surface area contributed by atoms with Crippen LogP contribution in [0.15, 0.2) is 59.7 Å². The molecule has 0 bridgehead atoms. The predicted molar refractivity (Wildman–Crippen MR) is 88.6 cm³/mol. The van der Waals surface area contributed by atoms with E-state index in [0.29, 0.717) is 12.7 Å². The highest BCUT2D eigenvalue weighted by molar-refractivity contribution is 5.80. The zero-order valence-electron chi connectivity index (χ0n) is 12.6. The monoisotopic (exact) mass is 282 g/mol. The van der Waals surface area contributed by atoms with Crippen LogP contribution in [0.2, 0.25) is 0 Å². The number of ether oxygens (including phenoxy) is 1. The van der Waals surface area contributed by atoms with Crippen molar-refractivity contribution in [3.8, 4) is 0 Å². The average Bonchev–Trinajstić information content (AvgIpc) is 2.54. The van der Waals surface area contributed by atoms with Crippen LogP contribution < -0.4 is 5.43 Å². The molecule has 0 amide bonds. The Balaban J connectivity index is 1.91. The maximum atomic E-state index is 5.75. The molecule has 0 spiro atoms. The molecule has 0 fully saturated rings. The first-order valence-electron chi connectivity index (χ1n) is 7.32. The molecule has 3 nitrogen and oxygen atoms in total. The van der Waals surface area contributed by atoms with E-state index in [1.807, 2.05) is 48.7 Å². The molecule has 0 aliphatic rings. The van der Waals surface area contributed by atoms with Gasteiger partial charge in [0.2, 0.25) is 0 Å². The van der Waals surface area contributed by atoms with E-state index in [0.717, 1.165) is 17.7 Å². The van der Waals surface area contributed by atoms with Gasteiger partial charge >= 0.3 is 0 Å². The number of nitrogens with zero attached hydrogens (tertiary/aromatic N) is 1. The molecule has 1 atom stereocenters. The van der Waals surface area contributed by atoms with E-state index in [1.54, 1.807) is 0 Å². The Labute approximate surface area is 126 Å². The summed E-state index contributed by atoms with van der Waals surface area (Å²) in [5, 5.41) is 4.25. The summed E-state index contributed by atoms with van der Waals surface area (Å²) in [4.78, 5) is 0. The minimum atomic E-state index is 0.294. The lowest BCUT2D eigenvalue weighted by molar-refractivity contribution is 0.0508. The molecule has 2 rings (SSSR count). The van der Waals surface area contributed by atoms with E-state index in [9.17, 15) is 0 Å². The highest BCUT2D eigenvalue weighted by Crippen LogP contribution is 2.08. The largest absolute Gasteiger partial charge is 0.374 e. The summed E-state index contributed by atoms with van der Waals surface area (Å²) in [6.07, 6.45) is 3.14. The normalized spacial score (nSPS) is 12.5. The number of hydrogen-bond acceptors (Lipinski definition) is 3. The summed E-state index contributed by atoms with van der Waals surface area (Å²) < 4.78 is 5.75. The van der Waals surface area contributed by atoms with Gasteiger partial charge in [0.1, 0.15) is 0 Å². The van der Waals surface area contributed by atoms with Crippen LogP contribution in [0.1, 0.15) is 31.4 Å². The van der Waals surface area contributed by atoms with Crippen LogP contribution in [0, 0.1) is 0 Å². The molecule has 21 heavy (non-hydrogen) atoms. The molecule has 0 saturated carbocycles. The first-order valence-corrected chi connectivity index (χ1v) is 7.32. The summed E-state index contributed by atoms with van der Waals surface area (Å²) >= 11 is 0. The highest BCUT2D eigenvalue weighted by Gasteiger charge is 2.00. The van der Waals surface area contributed by atoms with Crippen molar-refractivity contribution in [3.05, 3.63) is 65.7 Å². The molecule has 110 valence electrons. The minimum Gasteiger partial charge on any atom is -0.374 e. The Bertz CT molecular complexity index is 566. The second-order valence-electron chi connectivity index (χ2n) is 5.01. The molecular weight excluding hydrogens is 260 g/mol. The number of anilines is 1. The first kappa shape index (κ1) is 15.3. The van der Waals surface area contributed by atoms with Gasteiger partial charge in [-0.3, -0.25) is 5.43 Å². The van der Waals surface area contributed by atoms with Gasteiger partial charge in [-0.25, -0.2) is 0 Å². The van der Waals surface area contributed by atoms with E-state index in [-0.39, 0.29) is 0 Å². The van der Waals surface area contributed by atoms with E-state index in [4.69, 9.17) is 4.74 Å². The van der Waals surface area contributed by atoms with E-state index >= 15 is 0 Å². The molecule has 0 heterocycles. The summed E-state index contributed by atoms with van der Waals surface area (Å²) in [7, 11) is 0. The van der Waals surface area contributed by atoms with Gasteiger partial charge in [-0.15, -0.1) is 0 Å². The number of rotatable bonds is 7. The van der Waals surface area contributed by atoms with Gasteiger partial charge in [-0.1, -0.05) is 43.3 Å². The van der Waals surface area contributed by atoms with Gasteiger partial charge in [0.05, 0.1) is 24.6 Å². The van der Waals surface area contributed by atoms with Crippen molar-refractivity contribution in [3.63, 3.8) is 0 Å². The Morgan fingerprint density at radius 1 is 1.14 bits per heavy atom.